The predicted octanol–water partition coefficient (Wildman–Crippen LogP) is 6.37. The SMILES string of the molecule is CC(C#N)=C1c2ccc(CN(C(=O)CN(C)C(=O)OC(C)(C)C)c3ccccc3[N+](=O)[O-])cc2COc2cc(F)ccc21. The van der Waals surface area contributed by atoms with Crippen LogP contribution in [0.25, 0.3) is 5.57 Å². The van der Waals surface area contributed by atoms with Crippen molar-refractivity contribution in [2.24, 2.45) is 0 Å². The number of likely N-dealkylation sites (N-methyl/N-ethyl adjacent to an activating group) is 1. The molecule has 4 rings (SSSR count). The van der Waals surface area contributed by atoms with Crippen LogP contribution in [0.1, 0.15) is 49.9 Å². The van der Waals surface area contributed by atoms with Crippen molar-refractivity contribution in [1.82, 2.24) is 4.90 Å². The van der Waals surface area contributed by atoms with Crippen molar-refractivity contribution < 1.29 is 28.4 Å². The van der Waals surface area contributed by atoms with E-state index in [9.17, 15) is 29.4 Å². The Bertz CT molecular complexity index is 1670. The zero-order valence-electron chi connectivity index (χ0n) is 24.5. The van der Waals surface area contributed by atoms with E-state index in [4.69, 9.17) is 9.47 Å². The zero-order chi connectivity index (χ0) is 31.5. The number of nitrogens with zero attached hydrogens (tertiary/aromatic N) is 4. The predicted molar refractivity (Wildman–Crippen MR) is 158 cm³/mol. The summed E-state index contributed by atoms with van der Waals surface area (Å²) in [5, 5.41) is 21.6. The number of anilines is 1. The van der Waals surface area contributed by atoms with Gasteiger partial charge in [-0.2, -0.15) is 5.26 Å². The summed E-state index contributed by atoms with van der Waals surface area (Å²) in [4.78, 5) is 39.9. The summed E-state index contributed by atoms with van der Waals surface area (Å²) in [6.45, 7) is 6.37. The van der Waals surface area contributed by atoms with E-state index in [1.165, 1.54) is 42.3 Å². The molecule has 0 aromatic heterocycles. The van der Waals surface area contributed by atoms with Gasteiger partial charge < -0.3 is 19.3 Å². The Kier molecular flexibility index (Phi) is 8.80. The number of amides is 2. The molecule has 2 amide bonds. The van der Waals surface area contributed by atoms with Crippen LogP contribution >= 0.6 is 0 Å². The van der Waals surface area contributed by atoms with Gasteiger partial charge in [-0.25, -0.2) is 9.18 Å². The van der Waals surface area contributed by atoms with E-state index >= 15 is 0 Å². The van der Waals surface area contributed by atoms with E-state index in [1.807, 2.05) is 0 Å². The fourth-order valence-corrected chi connectivity index (χ4v) is 4.72. The van der Waals surface area contributed by atoms with Crippen LogP contribution in [0.2, 0.25) is 0 Å². The number of hydrogen-bond donors (Lipinski definition) is 0. The molecule has 0 aliphatic carbocycles. The minimum Gasteiger partial charge on any atom is -0.488 e. The van der Waals surface area contributed by atoms with Crippen LogP contribution in [0.15, 0.2) is 66.2 Å². The lowest BCUT2D eigenvalue weighted by atomic mass is 9.90. The first-order chi connectivity index (χ1) is 20.3. The van der Waals surface area contributed by atoms with Crippen LogP contribution in [0, 0.1) is 27.3 Å². The molecule has 3 aromatic carbocycles. The van der Waals surface area contributed by atoms with Crippen LogP contribution in [-0.4, -0.2) is 41.0 Å². The number of allylic oxidation sites excluding steroid dienone is 1. The summed E-state index contributed by atoms with van der Waals surface area (Å²) in [7, 11) is 1.41. The number of para-hydroxylation sites is 2. The summed E-state index contributed by atoms with van der Waals surface area (Å²) in [5.41, 5.74) is 2.59. The van der Waals surface area contributed by atoms with Crippen LogP contribution in [-0.2, 0) is 22.7 Å². The lowest BCUT2D eigenvalue weighted by Crippen LogP contribution is -2.43. The molecule has 0 N–H and O–H groups in total. The molecule has 0 atom stereocenters. The highest BCUT2D eigenvalue weighted by Gasteiger charge is 2.29. The van der Waals surface area contributed by atoms with Gasteiger partial charge in [0, 0.05) is 35.9 Å². The molecule has 1 aliphatic heterocycles. The van der Waals surface area contributed by atoms with E-state index < -0.39 is 34.9 Å². The molecule has 222 valence electrons. The van der Waals surface area contributed by atoms with Gasteiger partial charge in [0.1, 0.15) is 36.0 Å². The number of nitro groups is 1. The largest absolute Gasteiger partial charge is 0.488 e. The number of hydrogen-bond acceptors (Lipinski definition) is 7. The van der Waals surface area contributed by atoms with Gasteiger partial charge in [0.05, 0.1) is 17.5 Å². The molecule has 0 spiro atoms. The Morgan fingerprint density at radius 1 is 1.12 bits per heavy atom. The molecule has 1 aliphatic rings. The van der Waals surface area contributed by atoms with Crippen LogP contribution < -0.4 is 9.64 Å². The summed E-state index contributed by atoms with van der Waals surface area (Å²) >= 11 is 0. The maximum absolute atomic E-state index is 14.0. The Morgan fingerprint density at radius 2 is 1.81 bits per heavy atom. The number of benzene rings is 3. The first-order valence-electron chi connectivity index (χ1n) is 13.4. The molecular weight excluding hydrogens is 555 g/mol. The van der Waals surface area contributed by atoms with E-state index in [2.05, 4.69) is 6.07 Å². The van der Waals surface area contributed by atoms with E-state index in [0.29, 0.717) is 39.1 Å². The molecule has 0 bridgehead atoms. The summed E-state index contributed by atoms with van der Waals surface area (Å²) in [6, 6.07) is 17.5. The van der Waals surface area contributed by atoms with Crippen LogP contribution in [0.3, 0.4) is 0 Å². The second kappa shape index (κ2) is 12.3. The molecule has 0 saturated carbocycles. The number of carbonyl (C=O) groups is 2. The first kappa shape index (κ1) is 30.7. The van der Waals surface area contributed by atoms with Gasteiger partial charge in [0.15, 0.2) is 0 Å². The normalized spacial score (nSPS) is 13.3. The molecular formula is C32H31FN4O6. The fraction of sp³-hybridized carbons (Fsp3) is 0.281. The van der Waals surface area contributed by atoms with Gasteiger partial charge in [-0.05, 0) is 68.7 Å². The Labute approximate surface area is 248 Å². The summed E-state index contributed by atoms with van der Waals surface area (Å²) in [5.74, 6) is -0.754. The molecule has 10 nitrogen and oxygen atoms in total. The third-order valence-corrected chi connectivity index (χ3v) is 6.67. The topological polar surface area (TPSA) is 126 Å². The zero-order valence-corrected chi connectivity index (χ0v) is 24.5. The fourth-order valence-electron chi connectivity index (χ4n) is 4.72. The molecule has 0 saturated heterocycles. The highest BCUT2D eigenvalue weighted by molar-refractivity contribution is 5.98. The van der Waals surface area contributed by atoms with Crippen molar-refractivity contribution in [3.8, 4) is 11.8 Å². The molecule has 43 heavy (non-hydrogen) atoms. The van der Waals surface area contributed by atoms with E-state index in [0.717, 1.165) is 4.90 Å². The van der Waals surface area contributed by atoms with Gasteiger partial charge in [0.2, 0.25) is 5.91 Å². The third kappa shape index (κ3) is 6.98. The van der Waals surface area contributed by atoms with Crippen LogP contribution in [0.4, 0.5) is 20.6 Å². The van der Waals surface area contributed by atoms with Gasteiger partial charge in [0.25, 0.3) is 5.69 Å². The highest BCUT2D eigenvalue weighted by Crippen LogP contribution is 2.39. The van der Waals surface area contributed by atoms with Gasteiger partial charge in [-0.15, -0.1) is 0 Å². The highest BCUT2D eigenvalue weighted by atomic mass is 19.1. The quantitative estimate of drug-likeness (QED) is 0.187. The lowest BCUT2D eigenvalue weighted by Gasteiger charge is -2.28. The maximum Gasteiger partial charge on any atom is 0.410 e. The van der Waals surface area contributed by atoms with Crippen molar-refractivity contribution in [3.05, 3.63) is 104 Å². The van der Waals surface area contributed by atoms with Gasteiger partial charge in [-0.1, -0.05) is 24.3 Å². The molecule has 0 radical (unpaired) electrons. The monoisotopic (exact) mass is 586 g/mol. The number of nitro benzene ring substituents is 1. The molecule has 0 fully saturated rings. The smallest absolute Gasteiger partial charge is 0.410 e. The van der Waals surface area contributed by atoms with Crippen LogP contribution in [0.5, 0.6) is 5.75 Å². The molecule has 11 heteroatoms. The minimum atomic E-state index is -0.779. The van der Waals surface area contributed by atoms with Crippen molar-refractivity contribution in [1.29, 1.82) is 5.26 Å². The number of ether oxygens (including phenoxy) is 2. The number of rotatable bonds is 6. The summed E-state index contributed by atoms with van der Waals surface area (Å²) in [6.07, 6.45) is -0.714. The van der Waals surface area contributed by atoms with Gasteiger partial charge in [-0.3, -0.25) is 14.9 Å². The average Bonchev–Trinajstić information content (AvgIpc) is 3.10. The minimum absolute atomic E-state index is 0.0582. The Morgan fingerprint density at radius 3 is 2.49 bits per heavy atom. The molecule has 0 unspecified atom stereocenters. The average molecular weight is 587 g/mol. The third-order valence-electron chi connectivity index (χ3n) is 6.67. The number of nitriles is 1. The van der Waals surface area contributed by atoms with Crippen molar-refractivity contribution in [3.63, 3.8) is 0 Å². The first-order valence-corrected chi connectivity index (χ1v) is 13.4. The Balaban J connectivity index is 1.74. The van der Waals surface area contributed by atoms with Crippen molar-refractivity contribution >= 4 is 28.9 Å². The lowest BCUT2D eigenvalue weighted by molar-refractivity contribution is -0.384. The van der Waals surface area contributed by atoms with Crippen molar-refractivity contribution in [2.75, 3.05) is 18.5 Å². The number of fused-ring (bicyclic) bond motifs is 2. The molecule has 3 aromatic rings. The summed E-state index contributed by atoms with van der Waals surface area (Å²) < 4.78 is 25.3. The number of carbonyl (C=O) groups excluding carboxylic acids is 2. The Hall–Kier alpha value is -5.24. The standard InChI is InChI=1S/C32H31FN4O6/c1-20(16-34)30-24-12-10-21(14-22(24)19-42-28-15-23(33)11-13-25(28)30)17-36(26-8-6-7-9-27(26)37(40)41)29(38)18-35(5)31(39)43-32(2,3)4/h6-15H,17-19H2,1-5H3. The van der Waals surface area contributed by atoms with Gasteiger partial charge >= 0.3 is 6.09 Å². The maximum atomic E-state index is 14.0. The van der Waals surface area contributed by atoms with E-state index in [1.54, 1.807) is 58.0 Å². The second-order valence-electron chi connectivity index (χ2n) is 11.1. The molecule has 1 heterocycles. The number of halogens is 1. The van der Waals surface area contributed by atoms with Crippen molar-refractivity contribution in [2.45, 2.75) is 46.4 Å². The second-order valence-corrected chi connectivity index (χ2v) is 11.1. The van der Waals surface area contributed by atoms with E-state index in [-0.39, 0.29) is 24.5 Å².